The van der Waals surface area contributed by atoms with E-state index in [0.717, 1.165) is 19.3 Å². The van der Waals surface area contributed by atoms with Crippen LogP contribution in [0.25, 0.3) is 33.8 Å². The largest absolute Gasteiger partial charge is 0.335 e. The summed E-state index contributed by atoms with van der Waals surface area (Å²) in [6.45, 7) is 2.45. The number of benzene rings is 7. The predicted octanol–water partition coefficient (Wildman–Crippen LogP) is 15.0. The smallest absolute Gasteiger partial charge is 0.0537 e. The van der Waals surface area contributed by atoms with Gasteiger partial charge in [0.2, 0.25) is 0 Å². The lowest BCUT2D eigenvalue weighted by Crippen LogP contribution is -2.40. The van der Waals surface area contributed by atoms with Crippen molar-refractivity contribution < 1.29 is 0 Å². The van der Waals surface area contributed by atoms with Gasteiger partial charge >= 0.3 is 0 Å². The fourth-order valence-corrected chi connectivity index (χ4v) is 12.2. The van der Waals surface area contributed by atoms with E-state index in [1.54, 1.807) is 0 Å². The molecule has 64 heavy (non-hydrogen) atoms. The van der Waals surface area contributed by atoms with Crippen LogP contribution in [0.15, 0.2) is 231 Å². The van der Waals surface area contributed by atoms with Gasteiger partial charge in [-0.15, -0.1) is 0 Å². The molecule has 4 unspecified atom stereocenters. The number of hydrogen-bond donors (Lipinski definition) is 0. The summed E-state index contributed by atoms with van der Waals surface area (Å²) in [5, 5.41) is 1.37. The summed E-state index contributed by atoms with van der Waals surface area (Å²) in [4.78, 5) is 2.64. The SMILES string of the molecule is C[C@@]12C=CC=CC1C(c1ccccc1)(c1ccccc1)c1cc(N(c3ccc(-c4ccccc4)cc3)C3C=CC(C4C=Cc5c(c6ccccc6n5-c5ccccc5)C4)CC3)ccc12. The zero-order chi connectivity index (χ0) is 42.7. The Morgan fingerprint density at radius 2 is 1.17 bits per heavy atom. The molecule has 0 saturated heterocycles. The molecule has 1 aromatic heterocycles. The maximum atomic E-state index is 2.64. The van der Waals surface area contributed by atoms with Gasteiger partial charge in [0.1, 0.15) is 0 Å². The molecule has 0 aliphatic heterocycles. The third-order valence-corrected chi connectivity index (χ3v) is 15.2. The summed E-state index contributed by atoms with van der Waals surface area (Å²) in [5.41, 5.74) is 15.2. The van der Waals surface area contributed by atoms with E-state index in [2.05, 4.69) is 253 Å². The number of fused-ring (bicyclic) bond motifs is 6. The van der Waals surface area contributed by atoms with Crippen molar-refractivity contribution in [1.82, 2.24) is 4.57 Å². The Bertz CT molecular complexity index is 3060. The summed E-state index contributed by atoms with van der Waals surface area (Å²) in [5.74, 6) is 1.12. The van der Waals surface area contributed by atoms with Gasteiger partial charge in [0.05, 0.1) is 17.0 Å². The molecular formula is C62H52N2. The van der Waals surface area contributed by atoms with Gasteiger partial charge < -0.3 is 9.47 Å². The zero-order valence-corrected chi connectivity index (χ0v) is 36.3. The van der Waals surface area contributed by atoms with Crippen LogP contribution in [-0.2, 0) is 17.3 Å². The van der Waals surface area contributed by atoms with Crippen molar-refractivity contribution in [2.45, 2.75) is 43.1 Å². The molecule has 4 aliphatic rings. The van der Waals surface area contributed by atoms with E-state index in [0.29, 0.717) is 11.8 Å². The predicted molar refractivity (Wildman–Crippen MR) is 268 cm³/mol. The second-order valence-corrected chi connectivity index (χ2v) is 18.5. The van der Waals surface area contributed by atoms with Gasteiger partial charge in [-0.25, -0.2) is 0 Å². The monoisotopic (exact) mass is 824 g/mol. The first kappa shape index (κ1) is 38.5. The van der Waals surface area contributed by atoms with Crippen LogP contribution in [0.3, 0.4) is 0 Å². The number of rotatable bonds is 8. The molecule has 12 rings (SSSR count). The highest BCUT2D eigenvalue weighted by molar-refractivity contribution is 5.91. The quantitative estimate of drug-likeness (QED) is 0.139. The van der Waals surface area contributed by atoms with E-state index in [4.69, 9.17) is 0 Å². The first-order valence-electron chi connectivity index (χ1n) is 23.2. The molecule has 310 valence electrons. The van der Waals surface area contributed by atoms with Crippen LogP contribution in [0, 0.1) is 17.8 Å². The van der Waals surface area contributed by atoms with E-state index in [-0.39, 0.29) is 22.8 Å². The Morgan fingerprint density at radius 1 is 0.531 bits per heavy atom. The molecule has 7 aromatic carbocycles. The van der Waals surface area contributed by atoms with E-state index in [9.17, 15) is 0 Å². The number of allylic oxidation sites excluding steroid dienone is 6. The van der Waals surface area contributed by atoms with Crippen molar-refractivity contribution in [1.29, 1.82) is 0 Å². The van der Waals surface area contributed by atoms with E-state index in [1.165, 1.54) is 72.6 Å². The molecule has 0 radical (unpaired) electrons. The van der Waals surface area contributed by atoms with Crippen molar-refractivity contribution >= 4 is 28.4 Å². The number of hydrogen-bond acceptors (Lipinski definition) is 1. The molecule has 0 spiro atoms. The summed E-state index contributed by atoms with van der Waals surface area (Å²) < 4.78 is 2.45. The average Bonchev–Trinajstić information content (AvgIpc) is 3.82. The minimum absolute atomic E-state index is 0.171. The molecule has 2 nitrogen and oxygen atoms in total. The normalized spacial score (nSPS) is 22.5. The minimum atomic E-state index is -0.379. The Balaban J connectivity index is 0.954. The topological polar surface area (TPSA) is 8.17 Å². The number of nitrogens with zero attached hydrogens (tertiary/aromatic N) is 2. The second kappa shape index (κ2) is 15.6. The first-order valence-corrected chi connectivity index (χ1v) is 23.2. The Labute approximate surface area is 377 Å². The summed E-state index contributed by atoms with van der Waals surface area (Å²) in [6.07, 6.45) is 22.7. The minimum Gasteiger partial charge on any atom is -0.335 e. The van der Waals surface area contributed by atoms with Crippen LogP contribution in [0.2, 0.25) is 0 Å². The summed E-state index contributed by atoms with van der Waals surface area (Å²) in [6, 6.07) is 70.1. The van der Waals surface area contributed by atoms with Gasteiger partial charge in [-0.3, -0.25) is 0 Å². The van der Waals surface area contributed by atoms with Crippen LogP contribution in [0.5, 0.6) is 0 Å². The lowest BCUT2D eigenvalue weighted by Gasteiger charge is -2.42. The number of para-hydroxylation sites is 2. The van der Waals surface area contributed by atoms with Crippen molar-refractivity contribution in [2.24, 2.45) is 17.8 Å². The maximum Gasteiger partial charge on any atom is 0.0537 e. The zero-order valence-electron chi connectivity index (χ0n) is 36.3. The lowest BCUT2D eigenvalue weighted by atomic mass is 9.60. The average molecular weight is 825 g/mol. The Hall–Kier alpha value is -7.16. The summed E-state index contributed by atoms with van der Waals surface area (Å²) in [7, 11) is 0. The van der Waals surface area contributed by atoms with Gasteiger partial charge in [0.25, 0.3) is 0 Å². The van der Waals surface area contributed by atoms with Crippen molar-refractivity contribution in [3.8, 4) is 16.8 Å². The van der Waals surface area contributed by atoms with Crippen LogP contribution < -0.4 is 4.90 Å². The van der Waals surface area contributed by atoms with Gasteiger partial charge in [-0.1, -0.05) is 195 Å². The van der Waals surface area contributed by atoms with Crippen LogP contribution >= 0.6 is 0 Å². The molecule has 8 aromatic rings. The van der Waals surface area contributed by atoms with Crippen LogP contribution in [-0.4, -0.2) is 10.6 Å². The molecule has 2 heteroatoms. The lowest BCUT2D eigenvalue weighted by molar-refractivity contribution is 0.366. The number of anilines is 2. The second-order valence-electron chi connectivity index (χ2n) is 18.5. The van der Waals surface area contributed by atoms with Crippen LogP contribution in [0.4, 0.5) is 11.4 Å². The molecule has 0 N–H and O–H groups in total. The van der Waals surface area contributed by atoms with Gasteiger partial charge in [0.15, 0.2) is 0 Å². The first-order chi connectivity index (χ1) is 31.6. The molecule has 1 heterocycles. The highest BCUT2D eigenvalue weighted by Crippen LogP contribution is 2.62. The Morgan fingerprint density at radius 3 is 1.88 bits per heavy atom. The van der Waals surface area contributed by atoms with E-state index < -0.39 is 0 Å². The van der Waals surface area contributed by atoms with Gasteiger partial charge in [0, 0.05) is 39.5 Å². The third-order valence-electron chi connectivity index (χ3n) is 15.2. The highest BCUT2D eigenvalue weighted by Gasteiger charge is 2.58. The fraction of sp³-hybridized carbons (Fsp3) is 0.161. The van der Waals surface area contributed by atoms with E-state index in [1.807, 2.05) is 0 Å². The molecule has 0 saturated carbocycles. The Kier molecular flexibility index (Phi) is 9.37. The van der Waals surface area contributed by atoms with Gasteiger partial charge in [-0.2, -0.15) is 0 Å². The standard InChI is InChI=1S/C62H52N2/c1-61-41-17-16-28-60(61)62(48-20-8-3-9-21-48,49-22-10-4-11-23-49)57-43-53(38-39-56(57)61)63(51-34-29-45(30-35-51)44-18-6-2-7-19-44)52-36-31-46(32-37-52)47-33-40-59-55(42-47)54-26-14-15-27-58(54)64(59)50-24-12-5-13-25-50/h2-31,33-36,38-41,43,46-47,52,60H,32,37,42H2,1H3/t46?,47?,52?,60?,61-/m0/s1. The molecule has 0 bridgehead atoms. The van der Waals surface area contributed by atoms with Crippen molar-refractivity contribution in [2.75, 3.05) is 4.90 Å². The van der Waals surface area contributed by atoms with E-state index >= 15 is 0 Å². The van der Waals surface area contributed by atoms with Crippen molar-refractivity contribution in [3.63, 3.8) is 0 Å². The molecule has 5 atom stereocenters. The maximum absolute atomic E-state index is 2.64. The number of aromatic nitrogens is 1. The highest BCUT2D eigenvalue weighted by atomic mass is 15.2. The molecular weight excluding hydrogens is 773 g/mol. The summed E-state index contributed by atoms with van der Waals surface area (Å²) >= 11 is 0. The van der Waals surface area contributed by atoms with Crippen molar-refractivity contribution in [3.05, 3.63) is 264 Å². The van der Waals surface area contributed by atoms with Gasteiger partial charge in [-0.05, 0) is 119 Å². The molecule has 4 aliphatic carbocycles. The van der Waals surface area contributed by atoms with Crippen LogP contribution in [0.1, 0.15) is 53.3 Å². The molecule has 0 amide bonds. The molecule has 0 fully saturated rings. The third kappa shape index (κ3) is 6.07. The fourth-order valence-electron chi connectivity index (χ4n) is 12.2.